The van der Waals surface area contributed by atoms with E-state index < -0.39 is 5.97 Å². The van der Waals surface area contributed by atoms with Gasteiger partial charge < -0.3 is 19.5 Å². The van der Waals surface area contributed by atoms with Crippen molar-refractivity contribution in [2.45, 2.75) is 0 Å². The number of carbonyl (C=O) groups is 1. The molecular weight excluding hydrogens is 402 g/mol. The summed E-state index contributed by atoms with van der Waals surface area (Å²) < 4.78 is 15.4. The molecule has 0 aliphatic rings. The van der Waals surface area contributed by atoms with Crippen LogP contribution < -0.4 is 14.8 Å². The monoisotopic (exact) mass is 421 g/mol. The van der Waals surface area contributed by atoms with E-state index in [-0.39, 0.29) is 5.56 Å². The van der Waals surface area contributed by atoms with Crippen LogP contribution in [0.25, 0.3) is 16.8 Å². The van der Waals surface area contributed by atoms with Crippen LogP contribution in [-0.4, -0.2) is 32.3 Å². The summed E-state index contributed by atoms with van der Waals surface area (Å²) in [5.74, 6) is 0.270. The molecule has 0 spiro atoms. The third-order valence-electron chi connectivity index (χ3n) is 4.23. The molecule has 0 unspecified atom stereocenters. The number of aromatic nitrogens is 1. The van der Waals surface area contributed by atoms with Gasteiger partial charge in [0, 0.05) is 29.3 Å². The number of nitrogens with zero attached hydrogens (tertiary/aromatic N) is 2. The van der Waals surface area contributed by atoms with Gasteiger partial charge in [-0.25, -0.2) is 9.78 Å². The Hall–Kier alpha value is -3.83. The van der Waals surface area contributed by atoms with Crippen LogP contribution in [0.3, 0.4) is 0 Å². The zero-order valence-electron chi connectivity index (χ0n) is 16.6. The molecule has 8 heteroatoms. The number of esters is 1. The second-order valence-electron chi connectivity index (χ2n) is 5.96. The van der Waals surface area contributed by atoms with E-state index >= 15 is 0 Å². The van der Waals surface area contributed by atoms with Crippen LogP contribution in [0.15, 0.2) is 54.0 Å². The van der Waals surface area contributed by atoms with Crippen LogP contribution in [0.4, 0.5) is 5.69 Å². The highest BCUT2D eigenvalue weighted by atomic mass is 32.1. The molecule has 1 aromatic heterocycles. The van der Waals surface area contributed by atoms with Crippen molar-refractivity contribution in [3.8, 4) is 28.8 Å². The summed E-state index contributed by atoms with van der Waals surface area (Å²) in [7, 11) is 4.27. The second kappa shape index (κ2) is 9.58. The van der Waals surface area contributed by atoms with E-state index in [1.54, 1.807) is 6.07 Å². The van der Waals surface area contributed by atoms with Crippen LogP contribution in [0, 0.1) is 11.3 Å². The van der Waals surface area contributed by atoms with Gasteiger partial charge in [0.1, 0.15) is 16.6 Å². The van der Waals surface area contributed by atoms with Gasteiger partial charge in [0.05, 0.1) is 38.3 Å². The second-order valence-corrected chi connectivity index (χ2v) is 6.82. The van der Waals surface area contributed by atoms with Gasteiger partial charge in [-0.05, 0) is 0 Å². The number of ether oxygens (including phenoxy) is 3. The molecular formula is C22H19N3O4S. The molecule has 30 heavy (non-hydrogen) atoms. The minimum Gasteiger partial charge on any atom is -0.493 e. The van der Waals surface area contributed by atoms with Crippen molar-refractivity contribution in [1.82, 2.24) is 4.98 Å². The van der Waals surface area contributed by atoms with E-state index in [0.29, 0.717) is 27.8 Å². The fraction of sp³-hybridized carbons (Fsp3) is 0.136. The third-order valence-corrected chi connectivity index (χ3v) is 5.10. The molecule has 0 saturated heterocycles. The van der Waals surface area contributed by atoms with Crippen LogP contribution in [0.1, 0.15) is 15.4 Å². The smallest absolute Gasteiger partial charge is 0.340 e. The molecule has 3 aromatic rings. The predicted octanol–water partition coefficient (Wildman–Crippen LogP) is 4.59. The molecule has 2 aromatic carbocycles. The predicted molar refractivity (Wildman–Crippen MR) is 116 cm³/mol. The van der Waals surface area contributed by atoms with Gasteiger partial charge in [-0.1, -0.05) is 30.3 Å². The van der Waals surface area contributed by atoms with Crippen LogP contribution >= 0.6 is 11.3 Å². The standard InChI is InChI=1S/C22H19N3O4S/c1-27-19-9-16(22(26)29-3)17(10-20(19)28-2)24-12-15(11-23)21-25-18(13-30-21)14-7-5-4-6-8-14/h4-10,12-13,24H,1-3H3/b15-12+. The number of rotatable bonds is 7. The number of thiazole rings is 1. The molecule has 1 heterocycles. The summed E-state index contributed by atoms with van der Waals surface area (Å²) in [5.41, 5.74) is 2.74. The first-order valence-corrected chi connectivity index (χ1v) is 9.71. The number of methoxy groups -OCH3 is 3. The number of carbonyl (C=O) groups excluding carboxylic acids is 1. The van der Waals surface area contributed by atoms with Crippen molar-refractivity contribution in [3.05, 3.63) is 64.6 Å². The van der Waals surface area contributed by atoms with Crippen molar-refractivity contribution in [3.63, 3.8) is 0 Å². The van der Waals surface area contributed by atoms with Gasteiger partial charge in [0.25, 0.3) is 0 Å². The SMILES string of the molecule is COC(=O)c1cc(OC)c(OC)cc1N/C=C(\C#N)c1nc(-c2ccccc2)cs1. The van der Waals surface area contributed by atoms with Crippen molar-refractivity contribution in [2.75, 3.05) is 26.6 Å². The molecule has 0 amide bonds. The first-order chi connectivity index (χ1) is 14.6. The molecule has 0 saturated carbocycles. The Labute approximate surface area is 178 Å². The maximum Gasteiger partial charge on any atom is 0.340 e. The van der Waals surface area contributed by atoms with Gasteiger partial charge in [-0.3, -0.25) is 0 Å². The lowest BCUT2D eigenvalue weighted by Crippen LogP contribution is -2.07. The van der Waals surface area contributed by atoms with Gasteiger partial charge in [0.15, 0.2) is 11.5 Å². The Balaban J connectivity index is 1.94. The average Bonchev–Trinajstić information content (AvgIpc) is 3.29. The summed E-state index contributed by atoms with van der Waals surface area (Å²) in [6.07, 6.45) is 1.50. The van der Waals surface area contributed by atoms with Gasteiger partial charge in [0.2, 0.25) is 0 Å². The Morgan fingerprint density at radius 3 is 2.47 bits per heavy atom. The van der Waals surface area contributed by atoms with E-state index in [4.69, 9.17) is 14.2 Å². The minimum atomic E-state index is -0.550. The summed E-state index contributed by atoms with van der Waals surface area (Å²) in [4.78, 5) is 16.7. The molecule has 3 rings (SSSR count). The maximum absolute atomic E-state index is 12.2. The molecule has 7 nitrogen and oxygen atoms in total. The Morgan fingerprint density at radius 2 is 1.83 bits per heavy atom. The quantitative estimate of drug-likeness (QED) is 0.440. The first-order valence-electron chi connectivity index (χ1n) is 8.83. The van der Waals surface area contributed by atoms with Crippen molar-refractivity contribution < 1.29 is 19.0 Å². The van der Waals surface area contributed by atoms with Crippen molar-refractivity contribution in [2.24, 2.45) is 0 Å². The van der Waals surface area contributed by atoms with Crippen LogP contribution in [0.5, 0.6) is 11.5 Å². The average molecular weight is 421 g/mol. The van der Waals surface area contributed by atoms with E-state index in [1.807, 2.05) is 35.7 Å². The molecule has 0 bridgehead atoms. The topological polar surface area (TPSA) is 93.5 Å². The highest BCUT2D eigenvalue weighted by Gasteiger charge is 2.17. The summed E-state index contributed by atoms with van der Waals surface area (Å²) >= 11 is 1.36. The minimum absolute atomic E-state index is 0.243. The van der Waals surface area contributed by atoms with Crippen molar-refractivity contribution >= 4 is 28.6 Å². The molecule has 0 atom stereocenters. The highest BCUT2D eigenvalue weighted by Crippen LogP contribution is 2.34. The normalized spacial score (nSPS) is 10.8. The van der Waals surface area contributed by atoms with Gasteiger partial charge >= 0.3 is 5.97 Å². The van der Waals surface area contributed by atoms with E-state index in [0.717, 1.165) is 11.3 Å². The van der Waals surface area contributed by atoms with Crippen molar-refractivity contribution in [1.29, 1.82) is 5.26 Å². The number of hydrogen-bond acceptors (Lipinski definition) is 8. The molecule has 0 fully saturated rings. The first kappa shape index (κ1) is 20.9. The molecule has 0 aliphatic carbocycles. The number of anilines is 1. The van der Waals surface area contributed by atoms with Crippen LogP contribution in [-0.2, 0) is 4.74 Å². The fourth-order valence-corrected chi connectivity index (χ4v) is 3.50. The molecule has 0 aliphatic heterocycles. The summed E-state index contributed by atoms with van der Waals surface area (Å²) in [5, 5.41) is 15.1. The zero-order chi connectivity index (χ0) is 21.5. The number of nitrogens with one attached hydrogen (secondary N) is 1. The summed E-state index contributed by atoms with van der Waals surface area (Å²) in [6, 6.07) is 15.0. The highest BCUT2D eigenvalue weighted by molar-refractivity contribution is 7.11. The third kappa shape index (κ3) is 4.42. The van der Waals surface area contributed by atoms with Gasteiger partial charge in [-0.15, -0.1) is 11.3 Å². The molecule has 0 radical (unpaired) electrons. The Kier molecular flexibility index (Phi) is 6.67. The fourth-order valence-electron chi connectivity index (χ4n) is 2.71. The number of allylic oxidation sites excluding steroid dienone is 1. The molecule has 152 valence electrons. The number of nitriles is 1. The zero-order valence-corrected chi connectivity index (χ0v) is 17.4. The number of benzene rings is 2. The van der Waals surface area contributed by atoms with E-state index in [2.05, 4.69) is 16.4 Å². The van der Waals surface area contributed by atoms with E-state index in [9.17, 15) is 10.1 Å². The largest absolute Gasteiger partial charge is 0.493 e. The lowest BCUT2D eigenvalue weighted by molar-refractivity contribution is 0.0601. The summed E-state index contributed by atoms with van der Waals surface area (Å²) in [6.45, 7) is 0. The van der Waals surface area contributed by atoms with E-state index in [1.165, 1.54) is 44.9 Å². The maximum atomic E-state index is 12.2. The lowest BCUT2D eigenvalue weighted by Gasteiger charge is -2.13. The van der Waals surface area contributed by atoms with Gasteiger partial charge in [-0.2, -0.15) is 5.26 Å². The Morgan fingerprint density at radius 1 is 1.13 bits per heavy atom. The van der Waals surface area contributed by atoms with Crippen LogP contribution in [0.2, 0.25) is 0 Å². The molecule has 1 N–H and O–H groups in total. The Bertz CT molecular complexity index is 1120. The number of hydrogen-bond donors (Lipinski definition) is 1. The lowest BCUT2D eigenvalue weighted by atomic mass is 10.1.